The first-order valence-corrected chi connectivity index (χ1v) is 7.44. The molecule has 0 unspecified atom stereocenters. The van der Waals surface area contributed by atoms with Gasteiger partial charge in [-0.1, -0.05) is 6.07 Å². The molecule has 0 aliphatic carbocycles. The lowest BCUT2D eigenvalue weighted by molar-refractivity contribution is 0.0594. The second-order valence-corrected chi connectivity index (χ2v) is 4.97. The van der Waals surface area contributed by atoms with E-state index < -0.39 is 5.97 Å². The van der Waals surface area contributed by atoms with Crippen molar-refractivity contribution >= 4 is 17.6 Å². The Morgan fingerprint density at radius 1 is 1.17 bits per heavy atom. The molecule has 7 heteroatoms. The van der Waals surface area contributed by atoms with Crippen molar-refractivity contribution in [1.29, 1.82) is 0 Å². The molecule has 7 nitrogen and oxygen atoms in total. The van der Waals surface area contributed by atoms with Crippen molar-refractivity contribution < 1.29 is 23.8 Å². The number of nitrogens with one attached hydrogen (secondary N) is 2. The van der Waals surface area contributed by atoms with Gasteiger partial charge in [0.1, 0.15) is 11.4 Å². The van der Waals surface area contributed by atoms with Crippen LogP contribution >= 0.6 is 0 Å². The van der Waals surface area contributed by atoms with Gasteiger partial charge in [-0.2, -0.15) is 0 Å². The van der Waals surface area contributed by atoms with Gasteiger partial charge in [-0.15, -0.1) is 0 Å². The Hall–Kier alpha value is -2.80. The number of methoxy groups -OCH3 is 2. The Labute approximate surface area is 139 Å². The van der Waals surface area contributed by atoms with Gasteiger partial charge in [-0.25, -0.2) is 4.79 Å². The zero-order valence-corrected chi connectivity index (χ0v) is 13.6. The number of aromatic nitrogens is 1. The molecule has 128 valence electrons. The SMILES string of the molecule is COCCCOc1cccc(C(=O)Nc2c[nH]c(C(=O)OC)c2)c1. The van der Waals surface area contributed by atoms with Crippen molar-refractivity contribution in [2.45, 2.75) is 6.42 Å². The van der Waals surface area contributed by atoms with E-state index in [4.69, 9.17) is 9.47 Å². The third-order valence-corrected chi connectivity index (χ3v) is 3.20. The maximum atomic E-state index is 12.3. The number of amides is 1. The topological polar surface area (TPSA) is 89.7 Å². The molecule has 0 aliphatic rings. The summed E-state index contributed by atoms with van der Waals surface area (Å²) in [4.78, 5) is 26.4. The van der Waals surface area contributed by atoms with Crippen molar-refractivity contribution in [3.8, 4) is 5.75 Å². The Balaban J connectivity index is 1.96. The average Bonchev–Trinajstić information content (AvgIpc) is 3.07. The number of ether oxygens (including phenoxy) is 3. The van der Waals surface area contributed by atoms with Crippen LogP contribution in [0.15, 0.2) is 36.5 Å². The molecule has 1 aromatic carbocycles. The molecule has 0 saturated carbocycles. The van der Waals surface area contributed by atoms with Crippen molar-refractivity contribution in [3.63, 3.8) is 0 Å². The van der Waals surface area contributed by atoms with Crippen LogP contribution in [0.1, 0.15) is 27.3 Å². The van der Waals surface area contributed by atoms with E-state index in [0.29, 0.717) is 30.2 Å². The molecule has 0 spiro atoms. The van der Waals surface area contributed by atoms with E-state index in [-0.39, 0.29) is 11.6 Å². The molecule has 0 fully saturated rings. The largest absolute Gasteiger partial charge is 0.493 e. The number of H-pyrrole nitrogens is 1. The fraction of sp³-hybridized carbons (Fsp3) is 0.294. The molecular formula is C17H20N2O5. The van der Waals surface area contributed by atoms with Crippen LogP contribution in [0.3, 0.4) is 0 Å². The third kappa shape index (κ3) is 4.85. The molecule has 24 heavy (non-hydrogen) atoms. The molecule has 2 N–H and O–H groups in total. The molecule has 1 aromatic heterocycles. The highest BCUT2D eigenvalue weighted by atomic mass is 16.5. The van der Waals surface area contributed by atoms with Crippen molar-refractivity contribution in [1.82, 2.24) is 4.98 Å². The minimum atomic E-state index is -0.498. The van der Waals surface area contributed by atoms with E-state index in [2.05, 4.69) is 15.0 Å². The fourth-order valence-electron chi connectivity index (χ4n) is 2.02. The Bertz CT molecular complexity index is 696. The lowest BCUT2D eigenvalue weighted by atomic mass is 10.2. The maximum Gasteiger partial charge on any atom is 0.354 e. The first-order chi connectivity index (χ1) is 11.6. The lowest BCUT2D eigenvalue weighted by Crippen LogP contribution is -2.11. The second kappa shape index (κ2) is 8.73. The Morgan fingerprint density at radius 3 is 2.75 bits per heavy atom. The molecule has 0 saturated heterocycles. The second-order valence-electron chi connectivity index (χ2n) is 4.97. The van der Waals surface area contributed by atoms with Crippen LogP contribution in [0.25, 0.3) is 0 Å². The van der Waals surface area contributed by atoms with Crippen LogP contribution < -0.4 is 10.1 Å². The highest BCUT2D eigenvalue weighted by Crippen LogP contribution is 2.16. The van der Waals surface area contributed by atoms with Crippen LogP contribution in [0.5, 0.6) is 5.75 Å². The van der Waals surface area contributed by atoms with E-state index in [1.165, 1.54) is 19.4 Å². The summed E-state index contributed by atoms with van der Waals surface area (Å²) >= 11 is 0. The highest BCUT2D eigenvalue weighted by Gasteiger charge is 2.12. The third-order valence-electron chi connectivity index (χ3n) is 3.20. The van der Waals surface area contributed by atoms with Crippen LogP contribution in [0.4, 0.5) is 5.69 Å². The molecule has 0 aliphatic heterocycles. The van der Waals surface area contributed by atoms with Crippen molar-refractivity contribution in [2.24, 2.45) is 0 Å². The highest BCUT2D eigenvalue weighted by molar-refractivity contribution is 6.05. The van der Waals surface area contributed by atoms with Gasteiger partial charge < -0.3 is 24.5 Å². The smallest absolute Gasteiger partial charge is 0.354 e. The minimum absolute atomic E-state index is 0.267. The Kier molecular flexibility index (Phi) is 6.39. The minimum Gasteiger partial charge on any atom is -0.493 e. The summed E-state index contributed by atoms with van der Waals surface area (Å²) in [6, 6.07) is 8.39. The molecule has 0 bridgehead atoms. The van der Waals surface area contributed by atoms with Crippen LogP contribution in [-0.4, -0.2) is 44.3 Å². The van der Waals surface area contributed by atoms with E-state index in [0.717, 1.165) is 6.42 Å². The van der Waals surface area contributed by atoms with Gasteiger partial charge in [0.15, 0.2) is 0 Å². The van der Waals surface area contributed by atoms with Gasteiger partial charge in [0.05, 0.1) is 19.4 Å². The molecule has 1 amide bonds. The van der Waals surface area contributed by atoms with Gasteiger partial charge in [-0.05, 0) is 24.3 Å². The summed E-state index contributed by atoms with van der Waals surface area (Å²) in [7, 11) is 2.93. The number of anilines is 1. The van der Waals surface area contributed by atoms with E-state index in [9.17, 15) is 9.59 Å². The summed E-state index contributed by atoms with van der Waals surface area (Å²) in [6.45, 7) is 1.13. The first kappa shape index (κ1) is 17.6. The quantitative estimate of drug-likeness (QED) is 0.572. The predicted molar refractivity (Wildman–Crippen MR) is 88.5 cm³/mol. The number of hydrogen-bond donors (Lipinski definition) is 2. The number of benzene rings is 1. The number of carbonyl (C=O) groups is 2. The number of esters is 1. The molecule has 0 radical (unpaired) electrons. The van der Waals surface area contributed by atoms with Gasteiger partial charge in [0, 0.05) is 31.9 Å². The summed E-state index contributed by atoms with van der Waals surface area (Å²) in [5.74, 6) is -0.183. The predicted octanol–water partition coefficient (Wildman–Crippen LogP) is 2.47. The summed E-state index contributed by atoms with van der Waals surface area (Å²) in [5.41, 5.74) is 1.20. The average molecular weight is 332 g/mol. The van der Waals surface area contributed by atoms with E-state index in [1.54, 1.807) is 31.4 Å². The molecular weight excluding hydrogens is 312 g/mol. The number of rotatable bonds is 8. The van der Waals surface area contributed by atoms with Crippen LogP contribution in [0.2, 0.25) is 0 Å². The van der Waals surface area contributed by atoms with Gasteiger partial charge in [0.25, 0.3) is 5.91 Å². The van der Waals surface area contributed by atoms with Crippen molar-refractivity contribution in [2.75, 3.05) is 32.8 Å². The first-order valence-electron chi connectivity index (χ1n) is 7.44. The van der Waals surface area contributed by atoms with Gasteiger partial charge >= 0.3 is 5.97 Å². The van der Waals surface area contributed by atoms with Crippen LogP contribution in [-0.2, 0) is 9.47 Å². The van der Waals surface area contributed by atoms with Crippen LogP contribution in [0, 0.1) is 0 Å². The molecule has 2 rings (SSSR count). The summed E-state index contributed by atoms with van der Waals surface area (Å²) in [6.07, 6.45) is 2.29. The number of hydrogen-bond acceptors (Lipinski definition) is 5. The number of aromatic amines is 1. The monoisotopic (exact) mass is 332 g/mol. The Morgan fingerprint density at radius 2 is 2.00 bits per heavy atom. The fourth-order valence-corrected chi connectivity index (χ4v) is 2.02. The van der Waals surface area contributed by atoms with E-state index in [1.807, 2.05) is 0 Å². The normalized spacial score (nSPS) is 10.2. The number of carbonyl (C=O) groups excluding carboxylic acids is 2. The lowest BCUT2D eigenvalue weighted by Gasteiger charge is -2.08. The standard InChI is InChI=1S/C17H20N2O5/c1-22-7-4-8-24-14-6-3-5-12(9-14)16(20)19-13-10-15(18-11-13)17(21)23-2/h3,5-6,9-11,18H,4,7-8H2,1-2H3,(H,19,20). The summed E-state index contributed by atoms with van der Waals surface area (Å²) < 4.78 is 15.1. The van der Waals surface area contributed by atoms with E-state index >= 15 is 0 Å². The molecule has 2 aromatic rings. The maximum absolute atomic E-state index is 12.3. The van der Waals surface area contributed by atoms with Gasteiger partial charge in [-0.3, -0.25) is 4.79 Å². The molecule has 1 heterocycles. The zero-order valence-electron chi connectivity index (χ0n) is 13.6. The zero-order chi connectivity index (χ0) is 17.4. The van der Waals surface area contributed by atoms with Gasteiger partial charge in [0.2, 0.25) is 0 Å². The molecule has 0 atom stereocenters. The van der Waals surface area contributed by atoms with Crippen molar-refractivity contribution in [3.05, 3.63) is 47.8 Å². The summed E-state index contributed by atoms with van der Waals surface area (Å²) in [5, 5.41) is 2.71.